The van der Waals surface area contributed by atoms with Crippen LogP contribution in [0.15, 0.2) is 47.5 Å². The summed E-state index contributed by atoms with van der Waals surface area (Å²) in [5, 5.41) is 61.7. The highest BCUT2D eigenvalue weighted by molar-refractivity contribution is 7.99. The summed E-state index contributed by atoms with van der Waals surface area (Å²) in [5.74, 6) is -13.9. The maximum Gasteiger partial charge on any atom is 0.251 e. The number of aromatic nitrogens is 1. The van der Waals surface area contributed by atoms with Gasteiger partial charge in [-0.2, -0.15) is 0 Å². The Balaban J connectivity index is 1.55. The predicted molar refractivity (Wildman–Crippen MR) is 355 cm³/mol. The molecule has 3 aromatic rings. The molecule has 3 aliphatic heterocycles. The number of H-pyrrole nitrogens is 1. The third-order valence-corrected chi connectivity index (χ3v) is 21.1. The third kappa shape index (κ3) is 20.0. The first-order chi connectivity index (χ1) is 44.2. The number of aliphatic hydroxyl groups is 3. The fraction of sp³-hybridized carbons (Fsp3) is 0.621. The molecule has 13 N–H and O–H groups in total. The topological polar surface area (TPSA) is 398 Å². The summed E-state index contributed by atoms with van der Waals surface area (Å²) in [5.41, 5.74) is 5.31. The minimum absolute atomic E-state index is 0.00346. The highest BCUT2D eigenvalue weighted by atomic mass is 32.2. The van der Waals surface area contributed by atoms with Crippen molar-refractivity contribution in [3.05, 3.63) is 53.6 Å². The lowest BCUT2D eigenvalue weighted by Gasteiger charge is -2.40. The van der Waals surface area contributed by atoms with Crippen molar-refractivity contribution in [1.29, 1.82) is 0 Å². The van der Waals surface area contributed by atoms with Crippen LogP contribution in [-0.2, 0) is 70.3 Å². The van der Waals surface area contributed by atoms with Crippen LogP contribution >= 0.6 is 11.8 Å². The van der Waals surface area contributed by atoms with Gasteiger partial charge in [-0.05, 0) is 92.4 Å². The highest BCUT2D eigenvalue weighted by Crippen LogP contribution is 2.37. The molecule has 6 rings (SSSR count). The number of thioether (sulfide) groups is 1. The van der Waals surface area contributed by atoms with Crippen molar-refractivity contribution >= 4 is 101 Å². The van der Waals surface area contributed by atoms with Gasteiger partial charge in [0.25, 0.3) is 5.91 Å². The molecule has 1 aromatic heterocycles. The van der Waals surface area contributed by atoms with Crippen molar-refractivity contribution in [1.82, 2.24) is 41.8 Å². The molecule has 2 aromatic carbocycles. The quantitative estimate of drug-likeness (QED) is 0.0438. The number of phenolic OH excluding ortho intramolecular Hbond substituents is 1. The van der Waals surface area contributed by atoms with Crippen LogP contribution < -0.4 is 42.5 Å². The number of hydrogen-bond acceptors (Lipinski definition) is 18. The van der Waals surface area contributed by atoms with Crippen LogP contribution in [0.4, 0.5) is 5.69 Å². The maximum atomic E-state index is 16.0. The van der Waals surface area contributed by atoms with Crippen LogP contribution in [0.2, 0.25) is 25.7 Å². The van der Waals surface area contributed by atoms with Gasteiger partial charge in [-0.15, -0.1) is 11.8 Å². The number of aromatic amines is 1. The molecule has 13 atom stereocenters. The van der Waals surface area contributed by atoms with E-state index in [0.717, 1.165) is 22.7 Å². The Morgan fingerprint density at radius 2 is 1.53 bits per heavy atom. The summed E-state index contributed by atoms with van der Waals surface area (Å²) in [6.45, 7) is 17.7. The average molecular weight is 1350 g/mol. The van der Waals surface area contributed by atoms with Gasteiger partial charge in [-0.3, -0.25) is 63.0 Å². The summed E-state index contributed by atoms with van der Waals surface area (Å²) in [6, 6.07) is 4.80. The first-order valence-corrected chi connectivity index (χ1v) is 37.2. The van der Waals surface area contributed by atoms with E-state index in [1.54, 1.807) is 51.1 Å². The zero-order valence-electron chi connectivity index (χ0n) is 55.9. The number of aliphatic hydroxyl groups excluding tert-OH is 3. The van der Waals surface area contributed by atoms with Gasteiger partial charge in [0.15, 0.2) is 17.3 Å². The lowest BCUT2D eigenvalue weighted by atomic mass is 9.79. The molecule has 2 bridgehead atoms. The zero-order chi connectivity index (χ0) is 69.7. The molecule has 3 aliphatic rings. The van der Waals surface area contributed by atoms with E-state index >= 15 is 14.4 Å². The molecule has 0 aliphatic carbocycles. The molecule has 1 fully saturated rings. The summed E-state index contributed by atoms with van der Waals surface area (Å²) < 4.78 is 6.13. The summed E-state index contributed by atoms with van der Waals surface area (Å²) >= 11 is 0.996. The number of carbonyl (C=O) groups is 11. The maximum absolute atomic E-state index is 16.0. The number of rotatable bonds is 20. The van der Waals surface area contributed by atoms with E-state index in [0.29, 0.717) is 52.2 Å². The van der Waals surface area contributed by atoms with Crippen LogP contribution in [0.25, 0.3) is 10.9 Å². The van der Waals surface area contributed by atoms with Crippen LogP contribution in [0.5, 0.6) is 5.75 Å². The molecule has 4 heterocycles. The molecule has 1 saturated heterocycles. The lowest BCUT2D eigenvalue weighted by Crippen LogP contribution is -2.64. The van der Waals surface area contributed by atoms with Gasteiger partial charge in [0.05, 0.1) is 66.5 Å². The Bertz CT molecular complexity index is 3250. The molecule has 0 spiro atoms. The monoisotopic (exact) mass is 1350 g/mol. The smallest absolute Gasteiger partial charge is 0.251 e. The van der Waals surface area contributed by atoms with Crippen molar-refractivity contribution in [3.8, 4) is 5.75 Å². The predicted octanol–water partition coefficient (Wildman–Crippen LogP) is 2.12. The first-order valence-electron chi connectivity index (χ1n) is 32.5. The van der Waals surface area contributed by atoms with Crippen LogP contribution in [-0.4, -0.2) is 196 Å². The second kappa shape index (κ2) is 33.5. The SMILES string of the molecule is CC[C@H](C(=O)N[C@@H](C)C(=O)N(COCC[Si](C)(C)C)c1ccc(CC2(C)N[C@@H]([C@@H](C)[C@@H](O)CO)C(=O)CC3Cc4c([nH]c5ccc(O)cc45)SCC(NC(=O)CNC(=O)[C@H]([C@@H](C)CC)NC(=O)CNC3=O)C(=O)C[C@@H](CC(N)=O)C(=O)N3CC(O)C[C@H]3C2=O)cc1)C(C)C. The number of nitrogens with two attached hydrogens (primary N) is 1. The molecule has 0 radical (unpaired) electrons. The van der Waals surface area contributed by atoms with Gasteiger partial charge < -0.3 is 67.4 Å². The number of benzene rings is 2. The van der Waals surface area contributed by atoms with Gasteiger partial charge in [-0.1, -0.05) is 79.7 Å². The van der Waals surface area contributed by atoms with Crippen molar-refractivity contribution in [2.45, 2.75) is 185 Å². The zero-order valence-corrected chi connectivity index (χ0v) is 57.7. The van der Waals surface area contributed by atoms with E-state index < -0.39 is 184 Å². The van der Waals surface area contributed by atoms with Gasteiger partial charge >= 0.3 is 0 Å². The number of aromatic hydroxyl groups is 1. The third-order valence-electron chi connectivity index (χ3n) is 18.3. The number of carbonyl (C=O) groups excluding carboxylic acids is 11. The number of nitrogens with one attached hydrogen (secondary N) is 7. The Kier molecular flexibility index (Phi) is 27.1. The molecule has 518 valence electrons. The minimum atomic E-state index is -2.02. The number of nitrogens with zero attached hydrogens (tertiary/aromatic N) is 2. The number of phenols is 1. The van der Waals surface area contributed by atoms with E-state index in [9.17, 15) is 58.8 Å². The molecule has 4 unspecified atom stereocenters. The second-order valence-corrected chi connectivity index (χ2v) is 34.0. The average Bonchev–Trinajstić information content (AvgIpc) is 1.49. The Labute approximate surface area is 554 Å². The van der Waals surface area contributed by atoms with Gasteiger partial charge in [0, 0.05) is 87.0 Å². The lowest BCUT2D eigenvalue weighted by molar-refractivity contribution is -0.146. The van der Waals surface area contributed by atoms with E-state index in [1.165, 1.54) is 30.9 Å². The first kappa shape index (κ1) is 75.9. The largest absolute Gasteiger partial charge is 0.508 e. The fourth-order valence-electron chi connectivity index (χ4n) is 12.4. The van der Waals surface area contributed by atoms with Gasteiger partial charge in [0.1, 0.15) is 24.6 Å². The van der Waals surface area contributed by atoms with Crippen molar-refractivity contribution in [2.24, 2.45) is 41.2 Å². The minimum Gasteiger partial charge on any atom is -0.508 e. The Morgan fingerprint density at radius 1 is 0.872 bits per heavy atom. The number of ether oxygens (including phenoxy) is 1. The standard InChI is InChI=1S/C66H98N10O16SSi/c1-12-36(5)57-62(89)69-29-55(84)71-49-33-93-63-47(46-26-43(78)18-19-48(46)72-63)22-40(60(87)68-30-56(85)73-57)23-52(81)58(37(6)53(82)32-77)74-66(8,59(86)50-27-44(79)31-75(50)65(91)41(24-51(49)80)25-54(67)83)28-39-14-16-42(17-15-39)76(34-92-20-21-94(9,10)11)64(90)38(7)70-61(88)45(13-2)35(3)4/h14-19,26,35-38,40-41,44-45,49-50,53,57-58,72,74,77-79,82H,12-13,20-25,27-34H2,1-11H3,(H2,67,83)(H,68,87)(H,69,89)(H,70,88)(H,71,84)(H,73,85)/t36-,37-,38-,40?,41-,44?,45-,49?,50-,53-,57-,58-,66?/m0/s1. The Hall–Kier alpha value is -7.08. The summed E-state index contributed by atoms with van der Waals surface area (Å²) in [4.78, 5) is 165. The van der Waals surface area contributed by atoms with E-state index in [-0.39, 0.29) is 55.2 Å². The fourth-order valence-corrected chi connectivity index (χ4v) is 14.3. The number of Topliss-reactive ketones (excluding diaryl/α,β-unsaturated/α-hetero) is 3. The van der Waals surface area contributed by atoms with Crippen molar-refractivity contribution in [3.63, 3.8) is 0 Å². The number of primary amides is 1. The van der Waals surface area contributed by atoms with Gasteiger partial charge in [-0.25, -0.2) is 0 Å². The highest BCUT2D eigenvalue weighted by Gasteiger charge is 2.50. The second-order valence-electron chi connectivity index (χ2n) is 27.3. The molecule has 8 amide bonds. The molecule has 26 nitrogen and oxygen atoms in total. The van der Waals surface area contributed by atoms with Crippen LogP contribution in [0.3, 0.4) is 0 Å². The number of anilines is 1. The normalized spacial score (nSPS) is 25.2. The molecule has 0 saturated carbocycles. The van der Waals surface area contributed by atoms with Crippen LogP contribution in [0.1, 0.15) is 105 Å². The Morgan fingerprint density at radius 3 is 2.15 bits per heavy atom. The molecular formula is C66H98N10O16SSi. The van der Waals surface area contributed by atoms with Crippen molar-refractivity contribution in [2.75, 3.05) is 50.2 Å². The van der Waals surface area contributed by atoms with Crippen molar-refractivity contribution < 1.29 is 77.9 Å². The van der Waals surface area contributed by atoms with E-state index in [2.05, 4.69) is 56.5 Å². The number of ketones is 3. The number of hydrogen-bond donors (Lipinski definition) is 12. The molecule has 28 heteroatoms. The molecule has 94 heavy (non-hydrogen) atoms. The number of fused-ring (bicyclic) bond motifs is 5. The van der Waals surface area contributed by atoms with Crippen LogP contribution in [0, 0.1) is 35.5 Å². The van der Waals surface area contributed by atoms with E-state index in [1.807, 2.05) is 20.8 Å². The summed E-state index contributed by atoms with van der Waals surface area (Å²) in [6.07, 6.45) is -5.22. The number of amides is 8. The van der Waals surface area contributed by atoms with Gasteiger partial charge in [0.2, 0.25) is 41.4 Å². The summed E-state index contributed by atoms with van der Waals surface area (Å²) in [7, 11) is -1.59. The molecular weight excluding hydrogens is 1250 g/mol. The van der Waals surface area contributed by atoms with E-state index in [4.69, 9.17) is 10.5 Å².